The smallest absolute Gasteiger partial charge is 0.129 e. The Kier molecular flexibility index (Phi) is 4.46. The normalized spacial score (nSPS) is 10.7. The first-order chi connectivity index (χ1) is 9.58. The van der Waals surface area contributed by atoms with Crippen molar-refractivity contribution in [2.24, 2.45) is 0 Å². The van der Waals surface area contributed by atoms with Gasteiger partial charge < -0.3 is 10.1 Å². The van der Waals surface area contributed by atoms with Crippen LogP contribution in [0.4, 0.5) is 0 Å². The number of nitrogens with one attached hydrogen (secondary N) is 1. The SMILES string of the molecule is CNCc1ccc(C)c(-c2ccc(C)c(C)c2OC)c1. The Bertz CT molecular complexity index is 617. The summed E-state index contributed by atoms with van der Waals surface area (Å²) in [6.07, 6.45) is 0. The highest BCUT2D eigenvalue weighted by atomic mass is 16.5. The van der Waals surface area contributed by atoms with Crippen molar-refractivity contribution in [3.05, 3.63) is 52.6 Å². The molecule has 0 fully saturated rings. The highest BCUT2D eigenvalue weighted by Gasteiger charge is 2.12. The summed E-state index contributed by atoms with van der Waals surface area (Å²) in [7, 11) is 3.72. The van der Waals surface area contributed by atoms with Crippen molar-refractivity contribution in [2.75, 3.05) is 14.2 Å². The first-order valence-corrected chi connectivity index (χ1v) is 6.97. The van der Waals surface area contributed by atoms with E-state index in [1.165, 1.54) is 33.4 Å². The average Bonchev–Trinajstić information content (AvgIpc) is 2.44. The van der Waals surface area contributed by atoms with Gasteiger partial charge in [0.25, 0.3) is 0 Å². The molecule has 0 saturated heterocycles. The lowest BCUT2D eigenvalue weighted by Crippen LogP contribution is -2.05. The molecule has 0 unspecified atom stereocenters. The zero-order valence-corrected chi connectivity index (χ0v) is 13.0. The zero-order chi connectivity index (χ0) is 14.7. The molecule has 0 bridgehead atoms. The summed E-state index contributed by atoms with van der Waals surface area (Å²) in [6.45, 7) is 7.25. The number of rotatable bonds is 4. The highest BCUT2D eigenvalue weighted by Crippen LogP contribution is 2.36. The number of benzene rings is 2. The van der Waals surface area contributed by atoms with E-state index >= 15 is 0 Å². The summed E-state index contributed by atoms with van der Waals surface area (Å²) < 4.78 is 5.65. The van der Waals surface area contributed by atoms with E-state index in [0.29, 0.717) is 0 Å². The molecule has 2 nitrogen and oxygen atoms in total. The molecule has 0 amide bonds. The van der Waals surface area contributed by atoms with Crippen LogP contribution in [0.1, 0.15) is 22.3 Å². The van der Waals surface area contributed by atoms with Crippen LogP contribution in [-0.2, 0) is 6.54 Å². The lowest BCUT2D eigenvalue weighted by atomic mass is 9.94. The number of aryl methyl sites for hydroxylation is 2. The second-order valence-corrected chi connectivity index (χ2v) is 5.27. The Morgan fingerprint density at radius 2 is 1.65 bits per heavy atom. The molecular formula is C18H23NO. The van der Waals surface area contributed by atoms with E-state index in [1.807, 2.05) is 7.05 Å². The van der Waals surface area contributed by atoms with Gasteiger partial charge in [0.05, 0.1) is 7.11 Å². The van der Waals surface area contributed by atoms with Crippen LogP contribution in [0.2, 0.25) is 0 Å². The van der Waals surface area contributed by atoms with E-state index in [9.17, 15) is 0 Å². The Hall–Kier alpha value is -1.80. The van der Waals surface area contributed by atoms with E-state index in [2.05, 4.69) is 56.4 Å². The third kappa shape index (κ3) is 2.70. The minimum Gasteiger partial charge on any atom is -0.496 e. The van der Waals surface area contributed by atoms with Gasteiger partial charge in [0.15, 0.2) is 0 Å². The van der Waals surface area contributed by atoms with Gasteiger partial charge in [-0.1, -0.05) is 24.3 Å². The van der Waals surface area contributed by atoms with Crippen molar-refractivity contribution in [3.8, 4) is 16.9 Å². The van der Waals surface area contributed by atoms with Crippen molar-refractivity contribution in [3.63, 3.8) is 0 Å². The third-order valence-corrected chi connectivity index (χ3v) is 3.85. The molecule has 106 valence electrons. The summed E-state index contributed by atoms with van der Waals surface area (Å²) >= 11 is 0. The molecule has 1 N–H and O–H groups in total. The third-order valence-electron chi connectivity index (χ3n) is 3.85. The van der Waals surface area contributed by atoms with Crippen LogP contribution in [0.25, 0.3) is 11.1 Å². The lowest BCUT2D eigenvalue weighted by molar-refractivity contribution is 0.413. The summed E-state index contributed by atoms with van der Waals surface area (Å²) in [5, 5.41) is 3.20. The molecule has 0 aliphatic rings. The van der Waals surface area contributed by atoms with Crippen molar-refractivity contribution in [1.29, 1.82) is 0 Å². The number of ether oxygens (including phenoxy) is 1. The van der Waals surface area contributed by atoms with Gasteiger partial charge in [0, 0.05) is 12.1 Å². The Morgan fingerprint density at radius 1 is 0.950 bits per heavy atom. The number of methoxy groups -OCH3 is 1. The fraction of sp³-hybridized carbons (Fsp3) is 0.333. The zero-order valence-electron chi connectivity index (χ0n) is 13.0. The molecule has 20 heavy (non-hydrogen) atoms. The van der Waals surface area contributed by atoms with Gasteiger partial charge in [-0.15, -0.1) is 0 Å². The van der Waals surface area contributed by atoms with Gasteiger partial charge in [0.1, 0.15) is 5.75 Å². The topological polar surface area (TPSA) is 21.3 Å². The number of hydrogen-bond acceptors (Lipinski definition) is 2. The summed E-state index contributed by atoms with van der Waals surface area (Å²) in [5.74, 6) is 0.981. The van der Waals surface area contributed by atoms with Gasteiger partial charge in [-0.25, -0.2) is 0 Å². The van der Waals surface area contributed by atoms with Crippen LogP contribution in [0.15, 0.2) is 30.3 Å². The molecule has 2 heteroatoms. The minimum absolute atomic E-state index is 0.875. The average molecular weight is 269 g/mol. The second-order valence-electron chi connectivity index (χ2n) is 5.27. The second kappa shape index (κ2) is 6.10. The van der Waals surface area contributed by atoms with Crippen LogP contribution < -0.4 is 10.1 Å². The predicted molar refractivity (Wildman–Crippen MR) is 85.4 cm³/mol. The first kappa shape index (κ1) is 14.6. The van der Waals surface area contributed by atoms with Crippen LogP contribution >= 0.6 is 0 Å². The molecule has 2 rings (SSSR count). The van der Waals surface area contributed by atoms with Gasteiger partial charge in [-0.05, 0) is 61.7 Å². The van der Waals surface area contributed by atoms with Gasteiger partial charge in [0.2, 0.25) is 0 Å². The van der Waals surface area contributed by atoms with Crippen molar-refractivity contribution in [1.82, 2.24) is 5.32 Å². The van der Waals surface area contributed by atoms with Crippen molar-refractivity contribution < 1.29 is 4.74 Å². The maximum Gasteiger partial charge on any atom is 0.129 e. The molecule has 0 aliphatic heterocycles. The minimum atomic E-state index is 0.875. The predicted octanol–water partition coefficient (Wildman–Crippen LogP) is 4.01. The van der Waals surface area contributed by atoms with Crippen molar-refractivity contribution in [2.45, 2.75) is 27.3 Å². The maximum atomic E-state index is 5.65. The molecule has 0 atom stereocenters. The van der Waals surface area contributed by atoms with Gasteiger partial charge in [-0.2, -0.15) is 0 Å². The fourth-order valence-electron chi connectivity index (χ4n) is 2.54. The largest absolute Gasteiger partial charge is 0.496 e. The van der Waals surface area contributed by atoms with Gasteiger partial charge in [-0.3, -0.25) is 0 Å². The summed E-state index contributed by atoms with van der Waals surface area (Å²) in [4.78, 5) is 0. The lowest BCUT2D eigenvalue weighted by Gasteiger charge is -2.16. The van der Waals surface area contributed by atoms with E-state index in [1.54, 1.807) is 7.11 Å². The quantitative estimate of drug-likeness (QED) is 0.905. The van der Waals surface area contributed by atoms with E-state index in [4.69, 9.17) is 4.74 Å². The molecule has 0 aliphatic carbocycles. The monoisotopic (exact) mass is 269 g/mol. The van der Waals surface area contributed by atoms with E-state index in [-0.39, 0.29) is 0 Å². The molecule has 0 heterocycles. The molecular weight excluding hydrogens is 246 g/mol. The molecule has 2 aromatic carbocycles. The van der Waals surface area contributed by atoms with Crippen LogP contribution in [0.5, 0.6) is 5.75 Å². The van der Waals surface area contributed by atoms with Crippen LogP contribution in [0, 0.1) is 20.8 Å². The molecule has 0 spiro atoms. The molecule has 0 saturated carbocycles. The first-order valence-electron chi connectivity index (χ1n) is 6.97. The molecule has 2 aromatic rings. The molecule has 0 aromatic heterocycles. The van der Waals surface area contributed by atoms with Crippen molar-refractivity contribution >= 4 is 0 Å². The standard InChI is InChI=1S/C18H23NO/c1-12-7-9-16(18(20-5)14(12)3)17-10-15(11-19-4)8-6-13(17)2/h6-10,19H,11H2,1-5H3. The van der Waals surface area contributed by atoms with Crippen LogP contribution in [-0.4, -0.2) is 14.2 Å². The molecule has 0 radical (unpaired) electrons. The summed E-state index contributed by atoms with van der Waals surface area (Å²) in [6, 6.07) is 10.9. The fourth-order valence-corrected chi connectivity index (χ4v) is 2.54. The highest BCUT2D eigenvalue weighted by molar-refractivity contribution is 5.76. The van der Waals surface area contributed by atoms with E-state index in [0.717, 1.165) is 12.3 Å². The summed E-state index contributed by atoms with van der Waals surface area (Å²) in [5.41, 5.74) is 7.45. The van der Waals surface area contributed by atoms with E-state index < -0.39 is 0 Å². The van der Waals surface area contributed by atoms with Crippen LogP contribution in [0.3, 0.4) is 0 Å². The number of hydrogen-bond donors (Lipinski definition) is 1. The van der Waals surface area contributed by atoms with Gasteiger partial charge >= 0.3 is 0 Å². The Balaban J connectivity index is 2.61. The maximum absolute atomic E-state index is 5.65. The Labute approximate surface area is 121 Å². The Morgan fingerprint density at radius 3 is 2.30 bits per heavy atom.